The van der Waals surface area contributed by atoms with Crippen molar-refractivity contribution in [3.05, 3.63) is 90.1 Å². The number of nitrogens with one attached hydrogen (secondary N) is 2. The van der Waals surface area contributed by atoms with Gasteiger partial charge in [0.2, 0.25) is 5.95 Å². The van der Waals surface area contributed by atoms with Crippen molar-refractivity contribution in [3.63, 3.8) is 0 Å². The smallest absolute Gasteiger partial charge is 0.257 e. The van der Waals surface area contributed by atoms with Gasteiger partial charge in [-0.15, -0.1) is 11.3 Å². The number of benzene rings is 2. The predicted molar refractivity (Wildman–Crippen MR) is 139 cm³/mol. The van der Waals surface area contributed by atoms with Crippen LogP contribution in [0.2, 0.25) is 0 Å². The van der Waals surface area contributed by atoms with E-state index in [0.717, 1.165) is 32.8 Å². The van der Waals surface area contributed by atoms with E-state index in [9.17, 15) is 4.79 Å². The van der Waals surface area contributed by atoms with Crippen molar-refractivity contribution in [2.24, 2.45) is 0 Å². The molecule has 1 amide bonds. The SMILES string of the molecule is CN(C)c1nc(Nc2ccc(NC(=O)c3cncc(-c4cccs4)c3)cc2)nc2ccccc12. The number of amides is 1. The third-order valence-electron chi connectivity index (χ3n) is 5.21. The van der Waals surface area contributed by atoms with Gasteiger partial charge in [-0.1, -0.05) is 18.2 Å². The molecule has 0 saturated heterocycles. The summed E-state index contributed by atoms with van der Waals surface area (Å²) in [4.78, 5) is 29.3. The number of hydrogen-bond acceptors (Lipinski definition) is 7. The van der Waals surface area contributed by atoms with E-state index in [1.807, 2.05) is 91.1 Å². The van der Waals surface area contributed by atoms with Crippen LogP contribution in [0.1, 0.15) is 10.4 Å². The molecule has 34 heavy (non-hydrogen) atoms. The van der Waals surface area contributed by atoms with Crippen LogP contribution in [0, 0.1) is 0 Å². The molecule has 7 nitrogen and oxygen atoms in total. The molecule has 0 aliphatic heterocycles. The molecule has 0 saturated carbocycles. The van der Waals surface area contributed by atoms with Crippen LogP contribution in [-0.4, -0.2) is 35.0 Å². The number of aromatic nitrogens is 3. The van der Waals surface area contributed by atoms with Crippen molar-refractivity contribution in [3.8, 4) is 10.4 Å². The Morgan fingerprint density at radius 3 is 2.47 bits per heavy atom. The van der Waals surface area contributed by atoms with Gasteiger partial charge in [0.05, 0.1) is 11.1 Å². The molecule has 0 aliphatic carbocycles. The summed E-state index contributed by atoms with van der Waals surface area (Å²) >= 11 is 1.61. The Labute approximate surface area is 201 Å². The maximum atomic E-state index is 12.7. The standard InChI is InChI=1S/C26H22N6OS/c1-32(2)24-21-6-3-4-7-22(21)30-26(31-24)29-20-11-9-19(10-12-20)28-25(33)18-14-17(15-27-16-18)23-8-5-13-34-23/h3-16H,1-2H3,(H,28,33)(H,29,30,31). The second-order valence-corrected chi connectivity index (χ2v) is 8.83. The number of carbonyl (C=O) groups is 1. The molecule has 168 valence electrons. The number of anilines is 4. The Morgan fingerprint density at radius 1 is 0.912 bits per heavy atom. The molecule has 3 aromatic heterocycles. The molecular formula is C26H22N6OS. The van der Waals surface area contributed by atoms with Gasteiger partial charge in [0.15, 0.2) is 0 Å². The zero-order chi connectivity index (χ0) is 23.5. The fourth-order valence-corrected chi connectivity index (χ4v) is 4.28. The number of rotatable bonds is 6. The van der Waals surface area contributed by atoms with Crippen molar-refractivity contribution in [2.75, 3.05) is 29.6 Å². The van der Waals surface area contributed by atoms with Gasteiger partial charge >= 0.3 is 0 Å². The van der Waals surface area contributed by atoms with Crippen LogP contribution in [0.4, 0.5) is 23.1 Å². The van der Waals surface area contributed by atoms with Crippen LogP contribution < -0.4 is 15.5 Å². The largest absolute Gasteiger partial charge is 0.362 e. The van der Waals surface area contributed by atoms with E-state index in [4.69, 9.17) is 0 Å². The van der Waals surface area contributed by atoms with Crippen molar-refractivity contribution in [1.82, 2.24) is 15.0 Å². The highest BCUT2D eigenvalue weighted by Crippen LogP contribution is 2.27. The van der Waals surface area contributed by atoms with E-state index in [1.165, 1.54) is 0 Å². The zero-order valence-electron chi connectivity index (χ0n) is 18.7. The molecule has 2 aromatic carbocycles. The highest BCUT2D eigenvalue weighted by molar-refractivity contribution is 7.13. The van der Waals surface area contributed by atoms with E-state index in [1.54, 1.807) is 23.7 Å². The summed E-state index contributed by atoms with van der Waals surface area (Å²) in [5.41, 5.74) is 3.80. The highest BCUT2D eigenvalue weighted by atomic mass is 32.1. The van der Waals surface area contributed by atoms with Gasteiger partial charge in [0, 0.05) is 53.7 Å². The predicted octanol–water partition coefficient (Wildman–Crippen LogP) is 5.82. The van der Waals surface area contributed by atoms with E-state index in [2.05, 4.69) is 25.6 Å². The molecule has 3 heterocycles. The minimum atomic E-state index is -0.208. The minimum Gasteiger partial charge on any atom is -0.362 e. The summed E-state index contributed by atoms with van der Waals surface area (Å²) in [7, 11) is 3.92. The quantitative estimate of drug-likeness (QED) is 0.328. The number of thiophene rings is 1. The van der Waals surface area contributed by atoms with Crippen LogP contribution in [0.25, 0.3) is 21.3 Å². The lowest BCUT2D eigenvalue weighted by molar-refractivity contribution is 0.102. The van der Waals surface area contributed by atoms with Crippen molar-refractivity contribution in [2.45, 2.75) is 0 Å². The lowest BCUT2D eigenvalue weighted by Gasteiger charge is -2.16. The number of fused-ring (bicyclic) bond motifs is 1. The normalized spacial score (nSPS) is 10.8. The Bertz CT molecular complexity index is 1450. The van der Waals surface area contributed by atoms with Gasteiger partial charge in [-0.2, -0.15) is 4.98 Å². The summed E-state index contributed by atoms with van der Waals surface area (Å²) in [5.74, 6) is 1.14. The molecule has 0 radical (unpaired) electrons. The molecule has 0 spiro atoms. The average Bonchev–Trinajstić information content (AvgIpc) is 3.40. The second kappa shape index (κ2) is 9.29. The molecule has 0 bridgehead atoms. The molecule has 8 heteroatoms. The lowest BCUT2D eigenvalue weighted by atomic mass is 10.1. The molecular weight excluding hydrogens is 444 g/mol. The Balaban J connectivity index is 1.31. The fraction of sp³-hybridized carbons (Fsp3) is 0.0769. The monoisotopic (exact) mass is 466 g/mol. The number of pyridine rings is 1. The van der Waals surface area contributed by atoms with Gasteiger partial charge in [0.25, 0.3) is 5.91 Å². The summed E-state index contributed by atoms with van der Waals surface area (Å²) in [5, 5.41) is 9.18. The van der Waals surface area contributed by atoms with E-state index >= 15 is 0 Å². The van der Waals surface area contributed by atoms with Crippen LogP contribution in [-0.2, 0) is 0 Å². The van der Waals surface area contributed by atoms with E-state index in [0.29, 0.717) is 17.2 Å². The van der Waals surface area contributed by atoms with Gasteiger partial charge in [-0.05, 0) is 53.9 Å². The molecule has 0 unspecified atom stereocenters. The van der Waals surface area contributed by atoms with Crippen LogP contribution >= 0.6 is 11.3 Å². The molecule has 0 aliphatic rings. The van der Waals surface area contributed by atoms with Gasteiger partial charge in [-0.25, -0.2) is 4.98 Å². The third kappa shape index (κ3) is 4.57. The maximum absolute atomic E-state index is 12.7. The summed E-state index contributed by atoms with van der Waals surface area (Å²) in [6.07, 6.45) is 3.33. The fourth-order valence-electron chi connectivity index (χ4n) is 3.57. The Hall–Kier alpha value is -4.30. The molecule has 0 atom stereocenters. The maximum Gasteiger partial charge on any atom is 0.257 e. The topological polar surface area (TPSA) is 83.0 Å². The number of hydrogen-bond donors (Lipinski definition) is 2. The summed E-state index contributed by atoms with van der Waals surface area (Å²) in [6.45, 7) is 0. The summed E-state index contributed by atoms with van der Waals surface area (Å²) in [6, 6.07) is 21.2. The Kier molecular flexibility index (Phi) is 5.88. The third-order valence-corrected chi connectivity index (χ3v) is 6.13. The lowest BCUT2D eigenvalue weighted by Crippen LogP contribution is -2.13. The van der Waals surface area contributed by atoms with Crippen molar-refractivity contribution in [1.29, 1.82) is 0 Å². The van der Waals surface area contributed by atoms with Crippen LogP contribution in [0.5, 0.6) is 0 Å². The zero-order valence-corrected chi connectivity index (χ0v) is 19.5. The first kappa shape index (κ1) is 21.5. The summed E-state index contributed by atoms with van der Waals surface area (Å²) < 4.78 is 0. The molecule has 2 N–H and O–H groups in total. The molecule has 0 fully saturated rings. The molecule has 5 aromatic rings. The highest BCUT2D eigenvalue weighted by Gasteiger charge is 2.11. The van der Waals surface area contributed by atoms with Crippen LogP contribution in [0.15, 0.2) is 84.5 Å². The Morgan fingerprint density at radius 2 is 1.71 bits per heavy atom. The first-order valence-corrected chi connectivity index (χ1v) is 11.6. The first-order valence-electron chi connectivity index (χ1n) is 10.7. The van der Waals surface area contributed by atoms with Gasteiger partial charge in [0.1, 0.15) is 5.82 Å². The van der Waals surface area contributed by atoms with Crippen molar-refractivity contribution < 1.29 is 4.79 Å². The van der Waals surface area contributed by atoms with E-state index in [-0.39, 0.29) is 5.91 Å². The number of para-hydroxylation sites is 1. The van der Waals surface area contributed by atoms with Crippen molar-refractivity contribution >= 4 is 51.3 Å². The molecule has 5 rings (SSSR count). The van der Waals surface area contributed by atoms with E-state index < -0.39 is 0 Å². The van der Waals surface area contributed by atoms with Crippen LogP contribution in [0.3, 0.4) is 0 Å². The average molecular weight is 467 g/mol. The van der Waals surface area contributed by atoms with Gasteiger partial charge in [-0.3, -0.25) is 9.78 Å². The first-order chi connectivity index (χ1) is 16.6. The minimum absolute atomic E-state index is 0.208. The number of carbonyl (C=O) groups excluding carboxylic acids is 1. The number of nitrogens with zero attached hydrogens (tertiary/aromatic N) is 4. The second-order valence-electron chi connectivity index (χ2n) is 7.88. The van der Waals surface area contributed by atoms with Gasteiger partial charge < -0.3 is 15.5 Å².